The summed E-state index contributed by atoms with van der Waals surface area (Å²) in [5.74, 6) is -0.484. The molecule has 2 aliphatic rings. The van der Waals surface area contributed by atoms with Gasteiger partial charge in [0.15, 0.2) is 5.78 Å². The normalized spacial score (nSPS) is 23.4. The topological polar surface area (TPSA) is 34.1 Å². The Morgan fingerprint density at radius 1 is 0.622 bits per heavy atom. The van der Waals surface area contributed by atoms with Gasteiger partial charge in [-0.2, -0.15) is 0 Å². The van der Waals surface area contributed by atoms with Crippen LogP contribution in [0.1, 0.15) is 48.1 Å². The molecule has 2 nitrogen and oxygen atoms in total. The number of hydrogen-bond acceptors (Lipinski definition) is 2. The predicted molar refractivity (Wildman–Crippen MR) is 150 cm³/mol. The fraction of sp³-hybridized carbons (Fsp3) is 0.143. The number of Topliss-reactive ketones (excluding diaryl/α,β-unsaturated/α-hetero) is 2. The lowest BCUT2D eigenvalue weighted by Crippen LogP contribution is -2.42. The molecule has 6 rings (SSSR count). The number of hydrogen-bond donors (Lipinski definition) is 0. The highest BCUT2D eigenvalue weighted by molar-refractivity contribution is 6.38. The minimum atomic E-state index is -1.02. The Morgan fingerprint density at radius 3 is 1.70 bits per heavy atom. The molecule has 0 N–H and O–H groups in total. The third-order valence-electron chi connectivity index (χ3n) is 7.99. The molecule has 0 unspecified atom stereocenters. The molecule has 0 aromatic heterocycles. The molecule has 2 heteroatoms. The second-order valence-corrected chi connectivity index (χ2v) is 10.2. The van der Waals surface area contributed by atoms with Crippen molar-refractivity contribution in [1.82, 2.24) is 0 Å². The van der Waals surface area contributed by atoms with E-state index < -0.39 is 11.3 Å². The lowest BCUT2D eigenvalue weighted by molar-refractivity contribution is -0.127. The molecule has 0 radical (unpaired) electrons. The van der Waals surface area contributed by atoms with Gasteiger partial charge in [0.25, 0.3) is 0 Å². The van der Waals surface area contributed by atoms with Crippen molar-refractivity contribution in [1.29, 1.82) is 0 Å². The Kier molecular flexibility index (Phi) is 5.61. The Morgan fingerprint density at radius 2 is 1.11 bits per heavy atom. The van der Waals surface area contributed by atoms with Crippen LogP contribution in [0.3, 0.4) is 0 Å². The number of carbonyl (C=O) groups is 2. The number of rotatable bonds is 3. The molecule has 2 aliphatic carbocycles. The average Bonchev–Trinajstić information content (AvgIpc) is 3.17. The molecule has 0 saturated heterocycles. The van der Waals surface area contributed by atoms with Gasteiger partial charge in [-0.05, 0) is 52.8 Å². The molecule has 2 atom stereocenters. The van der Waals surface area contributed by atoms with Crippen molar-refractivity contribution in [3.05, 3.63) is 149 Å². The van der Waals surface area contributed by atoms with Crippen molar-refractivity contribution in [3.8, 4) is 0 Å². The van der Waals surface area contributed by atoms with Crippen LogP contribution in [0, 0.1) is 5.92 Å². The maximum absolute atomic E-state index is 14.7. The summed E-state index contributed by atoms with van der Waals surface area (Å²) in [5, 5.41) is 0. The number of carbonyl (C=O) groups excluding carboxylic acids is 2. The summed E-state index contributed by atoms with van der Waals surface area (Å²) in [4.78, 5) is 29.1. The van der Waals surface area contributed by atoms with E-state index in [9.17, 15) is 9.59 Å². The number of benzene rings is 4. The molecule has 4 aromatic carbocycles. The SMILES string of the molecule is C/C1=C(\c2ccccc2)c2ccccc2[C@]2(C)C(=O)C(c3ccccc3)=C(c3ccccc3)[C@@H]2C(=O)C1. The molecule has 0 heterocycles. The van der Waals surface area contributed by atoms with Gasteiger partial charge in [-0.1, -0.05) is 121 Å². The van der Waals surface area contributed by atoms with Crippen molar-refractivity contribution >= 4 is 28.3 Å². The van der Waals surface area contributed by atoms with E-state index in [1.54, 1.807) is 0 Å². The highest BCUT2D eigenvalue weighted by atomic mass is 16.1. The van der Waals surface area contributed by atoms with Crippen LogP contribution in [0.5, 0.6) is 0 Å². The standard InChI is InChI=1S/C35H28O2/c1-23-22-29(36)33-31(25-16-8-4-9-17-25)32(26-18-10-5-11-19-26)34(37)35(33,2)28-21-13-12-20-27(28)30(23)24-14-6-3-7-15-24/h3-21,33H,22H2,1-2H3/b30-23-/t33-,35-/m0/s1. The molecule has 0 aliphatic heterocycles. The van der Waals surface area contributed by atoms with Crippen LogP contribution >= 0.6 is 0 Å². The largest absolute Gasteiger partial charge is 0.299 e. The molecule has 0 spiro atoms. The Balaban J connectivity index is 1.68. The van der Waals surface area contributed by atoms with E-state index in [-0.39, 0.29) is 11.6 Å². The minimum Gasteiger partial charge on any atom is -0.299 e. The van der Waals surface area contributed by atoms with E-state index in [4.69, 9.17) is 0 Å². The Bertz CT molecular complexity index is 1580. The summed E-state index contributed by atoms with van der Waals surface area (Å²) in [7, 11) is 0. The van der Waals surface area contributed by atoms with Gasteiger partial charge in [-0.25, -0.2) is 0 Å². The first-order valence-corrected chi connectivity index (χ1v) is 12.8. The van der Waals surface area contributed by atoms with Crippen molar-refractivity contribution < 1.29 is 9.59 Å². The van der Waals surface area contributed by atoms with Crippen LogP contribution in [0.2, 0.25) is 0 Å². The molecule has 180 valence electrons. The third kappa shape index (κ3) is 3.55. The van der Waals surface area contributed by atoms with Crippen LogP contribution in [0.4, 0.5) is 0 Å². The number of fused-ring (bicyclic) bond motifs is 3. The number of ketones is 2. The lowest BCUT2D eigenvalue weighted by Gasteiger charge is -2.36. The maximum Gasteiger partial charge on any atom is 0.175 e. The lowest BCUT2D eigenvalue weighted by atomic mass is 9.64. The maximum atomic E-state index is 14.7. The van der Waals surface area contributed by atoms with Gasteiger partial charge in [0, 0.05) is 12.0 Å². The van der Waals surface area contributed by atoms with Gasteiger partial charge in [0.2, 0.25) is 0 Å². The van der Waals surface area contributed by atoms with Crippen LogP contribution in [-0.2, 0) is 15.0 Å². The highest BCUT2D eigenvalue weighted by Crippen LogP contribution is 2.56. The van der Waals surface area contributed by atoms with E-state index in [1.165, 1.54) is 0 Å². The van der Waals surface area contributed by atoms with E-state index in [0.717, 1.165) is 44.5 Å². The summed E-state index contributed by atoms with van der Waals surface area (Å²) in [6, 6.07) is 38.2. The average molecular weight is 481 g/mol. The molecule has 0 bridgehead atoms. The molecular formula is C35H28O2. The smallest absolute Gasteiger partial charge is 0.175 e. The van der Waals surface area contributed by atoms with Crippen molar-refractivity contribution in [2.75, 3.05) is 0 Å². The fourth-order valence-electron chi connectivity index (χ4n) is 6.37. The highest BCUT2D eigenvalue weighted by Gasteiger charge is 2.56. The van der Waals surface area contributed by atoms with E-state index >= 15 is 0 Å². The minimum absolute atomic E-state index is 0.00955. The zero-order valence-corrected chi connectivity index (χ0v) is 21.1. The van der Waals surface area contributed by atoms with Gasteiger partial charge in [0.1, 0.15) is 5.78 Å². The second kappa shape index (κ2) is 8.97. The number of allylic oxidation sites excluding steroid dienone is 3. The summed E-state index contributed by atoms with van der Waals surface area (Å²) in [5.41, 5.74) is 7.34. The summed E-state index contributed by atoms with van der Waals surface area (Å²) in [6.45, 7) is 4.04. The van der Waals surface area contributed by atoms with Crippen LogP contribution < -0.4 is 0 Å². The second-order valence-electron chi connectivity index (χ2n) is 10.2. The molecule has 4 aromatic rings. The summed E-state index contributed by atoms with van der Waals surface area (Å²) >= 11 is 0. The molecule has 0 fully saturated rings. The van der Waals surface area contributed by atoms with Crippen molar-refractivity contribution in [2.24, 2.45) is 5.92 Å². The molecule has 0 saturated carbocycles. The monoisotopic (exact) mass is 480 g/mol. The van der Waals surface area contributed by atoms with Gasteiger partial charge >= 0.3 is 0 Å². The van der Waals surface area contributed by atoms with Gasteiger partial charge in [-0.15, -0.1) is 0 Å². The third-order valence-corrected chi connectivity index (χ3v) is 7.99. The molecule has 0 amide bonds. The molecule has 37 heavy (non-hydrogen) atoms. The first-order chi connectivity index (χ1) is 18.0. The van der Waals surface area contributed by atoms with E-state index in [0.29, 0.717) is 12.0 Å². The first-order valence-electron chi connectivity index (χ1n) is 12.8. The zero-order valence-electron chi connectivity index (χ0n) is 21.1. The summed E-state index contributed by atoms with van der Waals surface area (Å²) < 4.78 is 0. The Hall–Kier alpha value is -4.30. The van der Waals surface area contributed by atoms with E-state index in [1.807, 2.05) is 104 Å². The van der Waals surface area contributed by atoms with Crippen LogP contribution in [0.25, 0.3) is 16.7 Å². The quantitative estimate of drug-likeness (QED) is 0.303. The van der Waals surface area contributed by atoms with Crippen molar-refractivity contribution in [3.63, 3.8) is 0 Å². The van der Waals surface area contributed by atoms with Crippen molar-refractivity contribution in [2.45, 2.75) is 25.7 Å². The van der Waals surface area contributed by atoms with Gasteiger partial charge in [0.05, 0.1) is 11.3 Å². The first kappa shape index (κ1) is 23.1. The Labute approximate surface area is 218 Å². The van der Waals surface area contributed by atoms with Crippen LogP contribution in [0.15, 0.2) is 121 Å². The van der Waals surface area contributed by atoms with E-state index in [2.05, 4.69) is 25.1 Å². The zero-order chi connectivity index (χ0) is 25.6. The van der Waals surface area contributed by atoms with Gasteiger partial charge in [-0.3, -0.25) is 9.59 Å². The van der Waals surface area contributed by atoms with Crippen LogP contribution in [-0.4, -0.2) is 11.6 Å². The van der Waals surface area contributed by atoms with Gasteiger partial charge < -0.3 is 0 Å². The summed E-state index contributed by atoms with van der Waals surface area (Å²) in [6.07, 6.45) is 0.296. The fourth-order valence-corrected chi connectivity index (χ4v) is 6.37. The molecular weight excluding hydrogens is 452 g/mol. The predicted octanol–water partition coefficient (Wildman–Crippen LogP) is 7.55.